The Morgan fingerprint density at radius 3 is 2.30 bits per heavy atom. The molecule has 1 aromatic carbocycles. The lowest BCUT2D eigenvalue weighted by Crippen LogP contribution is -2.47. The third-order valence-electron chi connectivity index (χ3n) is 3.49. The molecule has 1 aliphatic rings. The molecule has 1 aromatic heterocycles. The molecule has 20 heavy (non-hydrogen) atoms. The molecule has 0 atom stereocenters. The molecule has 1 saturated heterocycles. The number of nitrogens with two attached hydrogens (primary N) is 1. The summed E-state index contributed by atoms with van der Waals surface area (Å²) in [6.07, 6.45) is 3.47. The molecule has 1 aliphatic heterocycles. The fraction of sp³-hybridized carbons (Fsp3) is 0.286. The van der Waals surface area contributed by atoms with E-state index in [4.69, 9.17) is 5.73 Å². The Morgan fingerprint density at radius 1 is 1.00 bits per heavy atom. The molecule has 5 nitrogen and oxygen atoms in total. The Balaban J connectivity index is 1.68. The second kappa shape index (κ2) is 5.82. The van der Waals surface area contributed by atoms with Crippen LogP contribution in [0, 0.1) is 3.57 Å². The molecule has 6 heteroatoms. The molecule has 2 N–H and O–H groups in total. The molecule has 0 amide bonds. The van der Waals surface area contributed by atoms with Crippen LogP contribution in [-0.4, -0.2) is 36.1 Å². The van der Waals surface area contributed by atoms with Gasteiger partial charge in [-0.3, -0.25) is 0 Å². The Bertz CT molecular complexity index is 578. The van der Waals surface area contributed by atoms with Gasteiger partial charge in [-0.1, -0.05) is 0 Å². The minimum absolute atomic E-state index is 0.808. The van der Waals surface area contributed by atoms with E-state index in [1.807, 2.05) is 18.3 Å². The quantitative estimate of drug-likeness (QED) is 0.637. The number of hydrogen-bond acceptors (Lipinski definition) is 5. The first-order valence-electron chi connectivity index (χ1n) is 6.55. The first-order valence-corrected chi connectivity index (χ1v) is 7.63. The Kier molecular flexibility index (Phi) is 3.90. The average Bonchev–Trinajstić information content (AvgIpc) is 2.49. The van der Waals surface area contributed by atoms with Gasteiger partial charge in [0.15, 0.2) is 0 Å². The predicted octanol–water partition coefficient (Wildman–Crippen LogP) is 1.99. The summed E-state index contributed by atoms with van der Waals surface area (Å²) in [6, 6.07) is 8.07. The van der Waals surface area contributed by atoms with Crippen LogP contribution >= 0.6 is 22.6 Å². The molecule has 0 saturated carbocycles. The van der Waals surface area contributed by atoms with Gasteiger partial charge in [0.1, 0.15) is 12.1 Å². The van der Waals surface area contributed by atoms with Crippen molar-refractivity contribution in [3.05, 3.63) is 40.4 Å². The van der Waals surface area contributed by atoms with Crippen molar-refractivity contribution >= 4 is 39.8 Å². The first-order chi connectivity index (χ1) is 9.74. The summed E-state index contributed by atoms with van der Waals surface area (Å²) in [7, 11) is 0. The van der Waals surface area contributed by atoms with Gasteiger partial charge in [-0.25, -0.2) is 9.97 Å². The zero-order chi connectivity index (χ0) is 13.9. The number of rotatable bonds is 2. The van der Waals surface area contributed by atoms with Crippen LogP contribution in [-0.2, 0) is 0 Å². The van der Waals surface area contributed by atoms with Crippen LogP contribution in [0.1, 0.15) is 0 Å². The minimum Gasteiger partial charge on any atom is -0.399 e. The summed E-state index contributed by atoms with van der Waals surface area (Å²) in [5.41, 5.74) is 7.77. The number of benzene rings is 1. The van der Waals surface area contributed by atoms with E-state index in [1.54, 1.807) is 6.33 Å². The zero-order valence-electron chi connectivity index (χ0n) is 11.0. The highest BCUT2D eigenvalue weighted by atomic mass is 127. The molecule has 2 heterocycles. The maximum atomic E-state index is 5.73. The Morgan fingerprint density at radius 2 is 1.65 bits per heavy atom. The molecule has 104 valence electrons. The summed E-state index contributed by atoms with van der Waals surface area (Å²) in [4.78, 5) is 13.1. The fourth-order valence-electron chi connectivity index (χ4n) is 2.40. The number of aromatic nitrogens is 2. The summed E-state index contributed by atoms with van der Waals surface area (Å²) in [5.74, 6) is 1.04. The van der Waals surface area contributed by atoms with Crippen LogP contribution in [0.2, 0.25) is 0 Å². The number of anilines is 3. The topological polar surface area (TPSA) is 58.3 Å². The molecular weight excluding hydrogens is 365 g/mol. The monoisotopic (exact) mass is 381 g/mol. The molecule has 0 radical (unpaired) electrons. The van der Waals surface area contributed by atoms with Crippen molar-refractivity contribution in [1.82, 2.24) is 9.97 Å². The van der Waals surface area contributed by atoms with Crippen LogP contribution in [0.3, 0.4) is 0 Å². The standard InChI is InChI=1S/C14H16IN5/c15-13-9-17-10-18-14(13)20-7-5-19(6-8-20)12-3-1-11(16)2-4-12/h1-4,9-10H,5-8,16H2. The van der Waals surface area contributed by atoms with E-state index < -0.39 is 0 Å². The molecule has 1 fully saturated rings. The van der Waals surface area contributed by atoms with E-state index in [1.165, 1.54) is 5.69 Å². The SMILES string of the molecule is Nc1ccc(N2CCN(c3ncncc3I)CC2)cc1. The number of halogens is 1. The molecule has 0 aliphatic carbocycles. The normalized spacial score (nSPS) is 15.4. The third-order valence-corrected chi connectivity index (χ3v) is 4.25. The van der Waals surface area contributed by atoms with Crippen molar-refractivity contribution in [1.29, 1.82) is 0 Å². The van der Waals surface area contributed by atoms with Crippen LogP contribution in [0.4, 0.5) is 17.2 Å². The van der Waals surface area contributed by atoms with Gasteiger partial charge in [0.05, 0.1) is 3.57 Å². The van der Waals surface area contributed by atoms with Crippen LogP contribution in [0.25, 0.3) is 0 Å². The first kappa shape index (κ1) is 13.4. The lowest BCUT2D eigenvalue weighted by atomic mass is 10.2. The Labute approximate surface area is 132 Å². The lowest BCUT2D eigenvalue weighted by molar-refractivity contribution is 0.645. The van der Waals surface area contributed by atoms with Gasteiger partial charge in [-0.2, -0.15) is 0 Å². The van der Waals surface area contributed by atoms with Gasteiger partial charge in [0, 0.05) is 43.8 Å². The fourth-order valence-corrected chi connectivity index (χ4v) is 3.04. The summed E-state index contributed by atoms with van der Waals surface area (Å²) >= 11 is 2.29. The van der Waals surface area contributed by atoms with Crippen molar-refractivity contribution < 1.29 is 0 Å². The Hall–Kier alpha value is -1.57. The van der Waals surface area contributed by atoms with Crippen molar-refractivity contribution in [2.24, 2.45) is 0 Å². The van der Waals surface area contributed by atoms with E-state index in [2.05, 4.69) is 54.5 Å². The van der Waals surface area contributed by atoms with E-state index in [0.717, 1.165) is 41.3 Å². The minimum atomic E-state index is 0.808. The highest BCUT2D eigenvalue weighted by molar-refractivity contribution is 14.1. The highest BCUT2D eigenvalue weighted by Gasteiger charge is 2.19. The van der Waals surface area contributed by atoms with Gasteiger partial charge in [-0.15, -0.1) is 0 Å². The molecular formula is C14H16IN5. The molecule has 0 bridgehead atoms. The largest absolute Gasteiger partial charge is 0.399 e. The van der Waals surface area contributed by atoms with Crippen LogP contribution in [0.15, 0.2) is 36.8 Å². The smallest absolute Gasteiger partial charge is 0.145 e. The maximum absolute atomic E-state index is 5.73. The van der Waals surface area contributed by atoms with Gasteiger partial charge in [0.25, 0.3) is 0 Å². The second-order valence-electron chi connectivity index (χ2n) is 4.76. The number of hydrogen-bond donors (Lipinski definition) is 1. The summed E-state index contributed by atoms with van der Waals surface area (Å²) in [6.45, 7) is 3.92. The maximum Gasteiger partial charge on any atom is 0.145 e. The number of piperazine rings is 1. The molecule has 3 rings (SSSR count). The average molecular weight is 381 g/mol. The third kappa shape index (κ3) is 2.79. The molecule has 2 aromatic rings. The van der Waals surface area contributed by atoms with Crippen molar-refractivity contribution in [3.8, 4) is 0 Å². The summed E-state index contributed by atoms with van der Waals surface area (Å²) in [5, 5.41) is 0. The van der Waals surface area contributed by atoms with Gasteiger partial charge >= 0.3 is 0 Å². The highest BCUT2D eigenvalue weighted by Crippen LogP contribution is 2.22. The number of nitrogen functional groups attached to an aromatic ring is 1. The van der Waals surface area contributed by atoms with Gasteiger partial charge in [0.2, 0.25) is 0 Å². The van der Waals surface area contributed by atoms with Crippen molar-refractivity contribution in [2.45, 2.75) is 0 Å². The summed E-state index contributed by atoms with van der Waals surface area (Å²) < 4.78 is 1.10. The molecule has 0 spiro atoms. The van der Waals surface area contributed by atoms with Crippen molar-refractivity contribution in [3.63, 3.8) is 0 Å². The molecule has 0 unspecified atom stereocenters. The zero-order valence-corrected chi connectivity index (χ0v) is 13.2. The predicted molar refractivity (Wildman–Crippen MR) is 90.0 cm³/mol. The lowest BCUT2D eigenvalue weighted by Gasteiger charge is -2.37. The second-order valence-corrected chi connectivity index (χ2v) is 5.92. The van der Waals surface area contributed by atoms with E-state index in [0.29, 0.717) is 0 Å². The number of nitrogens with zero attached hydrogens (tertiary/aromatic N) is 4. The van der Waals surface area contributed by atoms with E-state index in [9.17, 15) is 0 Å². The van der Waals surface area contributed by atoms with Gasteiger partial charge < -0.3 is 15.5 Å². The van der Waals surface area contributed by atoms with E-state index in [-0.39, 0.29) is 0 Å². The van der Waals surface area contributed by atoms with E-state index >= 15 is 0 Å². The van der Waals surface area contributed by atoms with Crippen LogP contribution < -0.4 is 15.5 Å². The van der Waals surface area contributed by atoms with Gasteiger partial charge in [-0.05, 0) is 46.9 Å². The van der Waals surface area contributed by atoms with Crippen molar-refractivity contribution in [2.75, 3.05) is 41.7 Å². The van der Waals surface area contributed by atoms with Crippen LogP contribution in [0.5, 0.6) is 0 Å².